The van der Waals surface area contributed by atoms with Gasteiger partial charge in [0.2, 0.25) is 5.89 Å². The lowest BCUT2D eigenvalue weighted by molar-refractivity contribution is 0.102. The fourth-order valence-corrected chi connectivity index (χ4v) is 3.19. The predicted molar refractivity (Wildman–Crippen MR) is 108 cm³/mol. The Labute approximate surface area is 169 Å². The van der Waals surface area contributed by atoms with Crippen LogP contribution >= 0.6 is 22.9 Å². The van der Waals surface area contributed by atoms with E-state index < -0.39 is 0 Å². The quantitative estimate of drug-likeness (QED) is 0.467. The van der Waals surface area contributed by atoms with Gasteiger partial charge in [-0.3, -0.25) is 4.79 Å². The number of aromatic nitrogens is 2. The van der Waals surface area contributed by atoms with E-state index in [1.165, 1.54) is 11.3 Å². The Hall–Kier alpha value is -3.16. The Morgan fingerprint density at radius 1 is 1.14 bits per heavy atom. The van der Waals surface area contributed by atoms with Gasteiger partial charge in [-0.05, 0) is 47.8 Å². The molecule has 2 heterocycles. The van der Waals surface area contributed by atoms with Crippen LogP contribution in [-0.2, 0) is 6.61 Å². The zero-order valence-corrected chi connectivity index (χ0v) is 16.0. The molecule has 0 bridgehead atoms. The van der Waals surface area contributed by atoms with Crippen LogP contribution in [0.2, 0.25) is 5.02 Å². The standard InChI is InChI=1S/C20H14ClN3O3S/c21-15-6-4-13(5-7-15)20-24-23-18(27-20)11-26-17-3-1-2-16(10-17)22-19(25)14-8-9-28-12-14/h1-10,12H,11H2,(H,22,25). The summed E-state index contributed by atoms with van der Waals surface area (Å²) >= 11 is 7.36. The number of nitrogens with one attached hydrogen (secondary N) is 1. The van der Waals surface area contributed by atoms with Gasteiger partial charge in [0, 0.05) is 27.7 Å². The number of carbonyl (C=O) groups excluding carboxylic acids is 1. The van der Waals surface area contributed by atoms with Gasteiger partial charge in [0.15, 0.2) is 6.61 Å². The SMILES string of the molecule is O=C(Nc1cccc(OCc2nnc(-c3ccc(Cl)cc3)o2)c1)c1ccsc1. The maximum absolute atomic E-state index is 12.1. The summed E-state index contributed by atoms with van der Waals surface area (Å²) in [6.45, 7) is 0.114. The highest BCUT2D eigenvalue weighted by Crippen LogP contribution is 2.22. The Bertz CT molecular complexity index is 1080. The number of ether oxygens (including phenoxy) is 1. The summed E-state index contributed by atoms with van der Waals surface area (Å²) in [6, 6.07) is 16.0. The van der Waals surface area contributed by atoms with Crippen LogP contribution in [0.1, 0.15) is 16.2 Å². The Kier molecular flexibility index (Phi) is 5.36. The zero-order chi connectivity index (χ0) is 19.3. The Balaban J connectivity index is 1.39. The van der Waals surface area contributed by atoms with Crippen molar-refractivity contribution >= 4 is 34.5 Å². The van der Waals surface area contributed by atoms with Crippen LogP contribution in [0.3, 0.4) is 0 Å². The summed E-state index contributed by atoms with van der Waals surface area (Å²) in [5, 5.41) is 15.1. The molecule has 4 rings (SSSR count). The van der Waals surface area contributed by atoms with Crippen molar-refractivity contribution in [3.05, 3.63) is 81.8 Å². The molecule has 28 heavy (non-hydrogen) atoms. The maximum atomic E-state index is 12.1. The molecule has 4 aromatic rings. The Morgan fingerprint density at radius 2 is 2.00 bits per heavy atom. The number of halogens is 1. The molecule has 0 aliphatic heterocycles. The van der Waals surface area contributed by atoms with Crippen LogP contribution in [0.4, 0.5) is 5.69 Å². The first-order chi connectivity index (χ1) is 13.7. The molecule has 1 N–H and O–H groups in total. The highest BCUT2D eigenvalue weighted by molar-refractivity contribution is 7.08. The number of amides is 1. The van der Waals surface area contributed by atoms with Crippen LogP contribution < -0.4 is 10.1 Å². The largest absolute Gasteiger partial charge is 0.484 e. The zero-order valence-electron chi connectivity index (χ0n) is 14.5. The van der Waals surface area contributed by atoms with Gasteiger partial charge in [0.25, 0.3) is 11.8 Å². The lowest BCUT2D eigenvalue weighted by Gasteiger charge is -2.07. The minimum absolute atomic E-state index is 0.114. The van der Waals surface area contributed by atoms with E-state index in [9.17, 15) is 4.79 Å². The molecule has 0 radical (unpaired) electrons. The average molecular weight is 412 g/mol. The number of rotatable bonds is 6. The second-order valence-corrected chi connectivity index (χ2v) is 7.01. The van der Waals surface area contributed by atoms with Crippen LogP contribution in [0.5, 0.6) is 5.75 Å². The summed E-state index contributed by atoms with van der Waals surface area (Å²) in [7, 11) is 0. The summed E-state index contributed by atoms with van der Waals surface area (Å²) in [6.07, 6.45) is 0. The monoisotopic (exact) mass is 411 g/mol. The normalized spacial score (nSPS) is 10.6. The molecular weight excluding hydrogens is 398 g/mol. The first-order valence-electron chi connectivity index (χ1n) is 8.32. The summed E-state index contributed by atoms with van der Waals surface area (Å²) < 4.78 is 11.3. The van der Waals surface area contributed by atoms with Crippen molar-refractivity contribution in [2.75, 3.05) is 5.32 Å². The van der Waals surface area contributed by atoms with Crippen molar-refractivity contribution in [2.24, 2.45) is 0 Å². The number of benzene rings is 2. The van der Waals surface area contributed by atoms with Gasteiger partial charge in [-0.25, -0.2) is 0 Å². The molecule has 140 valence electrons. The molecule has 0 atom stereocenters. The molecular formula is C20H14ClN3O3S. The van der Waals surface area contributed by atoms with Crippen molar-refractivity contribution in [1.82, 2.24) is 10.2 Å². The van der Waals surface area contributed by atoms with Crippen LogP contribution in [0.25, 0.3) is 11.5 Å². The van der Waals surface area contributed by atoms with E-state index in [4.69, 9.17) is 20.8 Å². The van der Waals surface area contributed by atoms with Crippen LogP contribution in [-0.4, -0.2) is 16.1 Å². The van der Waals surface area contributed by atoms with Crippen molar-refractivity contribution in [1.29, 1.82) is 0 Å². The van der Waals surface area contributed by atoms with Gasteiger partial charge in [0.05, 0.1) is 5.56 Å². The molecule has 6 nitrogen and oxygen atoms in total. The molecule has 0 fully saturated rings. The number of hydrogen-bond donors (Lipinski definition) is 1. The minimum Gasteiger partial charge on any atom is -0.484 e. The highest BCUT2D eigenvalue weighted by Gasteiger charge is 2.10. The highest BCUT2D eigenvalue weighted by atomic mass is 35.5. The molecule has 0 aliphatic carbocycles. The molecule has 1 amide bonds. The van der Waals surface area contributed by atoms with E-state index in [0.717, 1.165) is 5.56 Å². The van der Waals surface area contributed by atoms with Gasteiger partial charge in [-0.1, -0.05) is 17.7 Å². The van der Waals surface area contributed by atoms with Crippen LogP contribution in [0, 0.1) is 0 Å². The third kappa shape index (κ3) is 4.39. The molecule has 0 saturated carbocycles. The second kappa shape index (κ2) is 8.24. The third-order valence-electron chi connectivity index (χ3n) is 3.80. The molecule has 0 aliphatic rings. The van der Waals surface area contributed by atoms with Crippen LogP contribution in [0.15, 0.2) is 69.8 Å². The summed E-state index contributed by atoms with van der Waals surface area (Å²) in [5.41, 5.74) is 2.04. The van der Waals surface area contributed by atoms with Crippen molar-refractivity contribution in [3.63, 3.8) is 0 Å². The lowest BCUT2D eigenvalue weighted by atomic mass is 10.2. The number of thiophene rings is 1. The Morgan fingerprint density at radius 3 is 2.79 bits per heavy atom. The lowest BCUT2D eigenvalue weighted by Crippen LogP contribution is -2.10. The van der Waals surface area contributed by atoms with Gasteiger partial charge < -0.3 is 14.5 Å². The predicted octanol–water partition coefficient (Wildman–Crippen LogP) is 5.28. The van der Waals surface area contributed by atoms with E-state index >= 15 is 0 Å². The second-order valence-electron chi connectivity index (χ2n) is 5.79. The topological polar surface area (TPSA) is 77.2 Å². The number of carbonyl (C=O) groups is 1. The third-order valence-corrected chi connectivity index (χ3v) is 4.73. The molecule has 2 aromatic carbocycles. The fourth-order valence-electron chi connectivity index (χ4n) is 2.43. The molecule has 2 aromatic heterocycles. The van der Waals surface area contributed by atoms with Gasteiger partial charge in [0.1, 0.15) is 5.75 Å². The van der Waals surface area contributed by atoms with E-state index in [1.807, 2.05) is 5.38 Å². The smallest absolute Gasteiger partial charge is 0.256 e. The number of nitrogens with zero attached hydrogens (tertiary/aromatic N) is 2. The first-order valence-corrected chi connectivity index (χ1v) is 9.64. The van der Waals surface area contributed by atoms with Crippen molar-refractivity contribution in [3.8, 4) is 17.2 Å². The molecule has 8 heteroatoms. The maximum Gasteiger partial charge on any atom is 0.256 e. The van der Waals surface area contributed by atoms with E-state index in [0.29, 0.717) is 33.8 Å². The van der Waals surface area contributed by atoms with Crippen molar-refractivity contribution < 1.29 is 13.9 Å². The van der Waals surface area contributed by atoms with Gasteiger partial charge in [-0.15, -0.1) is 10.2 Å². The minimum atomic E-state index is -0.164. The van der Waals surface area contributed by atoms with E-state index in [2.05, 4.69) is 15.5 Å². The van der Waals surface area contributed by atoms with Crippen molar-refractivity contribution in [2.45, 2.75) is 6.61 Å². The van der Waals surface area contributed by atoms with E-state index in [1.54, 1.807) is 60.0 Å². The molecule has 0 saturated heterocycles. The number of hydrogen-bond acceptors (Lipinski definition) is 6. The molecule has 0 unspecified atom stereocenters. The van der Waals surface area contributed by atoms with E-state index in [-0.39, 0.29) is 12.5 Å². The average Bonchev–Trinajstić information content (AvgIpc) is 3.40. The summed E-state index contributed by atoms with van der Waals surface area (Å²) in [4.78, 5) is 12.1. The summed E-state index contributed by atoms with van der Waals surface area (Å²) in [5.74, 6) is 1.15. The first kappa shape index (κ1) is 18.2. The number of anilines is 1. The van der Waals surface area contributed by atoms with Gasteiger partial charge >= 0.3 is 0 Å². The molecule has 0 spiro atoms. The fraction of sp³-hybridized carbons (Fsp3) is 0.0500. The van der Waals surface area contributed by atoms with Gasteiger partial charge in [-0.2, -0.15) is 11.3 Å².